The van der Waals surface area contributed by atoms with E-state index in [4.69, 9.17) is 0 Å². The van der Waals surface area contributed by atoms with Gasteiger partial charge in [-0.25, -0.2) is 4.79 Å². The molecule has 0 unspecified atom stereocenters. The molecule has 0 bridgehead atoms. The number of rotatable bonds is 5. The van der Waals surface area contributed by atoms with Gasteiger partial charge < -0.3 is 15.1 Å². The second-order valence-electron chi connectivity index (χ2n) is 6.58. The SMILES string of the molecule is CNC(=O)NC(=O)[C@H](c1ccccc1)[NH+]1CC[NH+](Cc2cccs2)CC1. The predicted octanol–water partition coefficient (Wildman–Crippen LogP) is -0.772. The van der Waals surface area contributed by atoms with E-state index >= 15 is 0 Å². The number of carbonyl (C=O) groups is 2. The molecule has 3 amide bonds. The van der Waals surface area contributed by atoms with Crippen molar-refractivity contribution in [2.75, 3.05) is 33.2 Å². The minimum Gasteiger partial charge on any atom is -0.341 e. The van der Waals surface area contributed by atoms with Crippen molar-refractivity contribution in [3.8, 4) is 0 Å². The maximum Gasteiger partial charge on any atom is 0.321 e. The zero-order valence-corrected chi connectivity index (χ0v) is 15.8. The number of nitrogens with one attached hydrogen (secondary N) is 4. The number of piperazine rings is 1. The summed E-state index contributed by atoms with van der Waals surface area (Å²) >= 11 is 1.80. The van der Waals surface area contributed by atoms with E-state index in [-0.39, 0.29) is 11.9 Å². The minimum absolute atomic E-state index is 0.243. The lowest BCUT2D eigenvalue weighted by atomic mass is 10.0. The highest BCUT2D eigenvalue weighted by molar-refractivity contribution is 7.09. The number of amides is 3. The fraction of sp³-hybridized carbons (Fsp3) is 0.368. The van der Waals surface area contributed by atoms with Crippen molar-refractivity contribution in [3.63, 3.8) is 0 Å². The highest BCUT2D eigenvalue weighted by Gasteiger charge is 2.36. The number of hydrogen-bond acceptors (Lipinski definition) is 3. The lowest BCUT2D eigenvalue weighted by molar-refractivity contribution is -1.03. The number of quaternary nitrogens is 2. The lowest BCUT2D eigenvalue weighted by Gasteiger charge is -2.33. The first-order chi connectivity index (χ1) is 12.7. The molecule has 1 aromatic carbocycles. The van der Waals surface area contributed by atoms with Crippen molar-refractivity contribution >= 4 is 23.3 Å². The molecule has 26 heavy (non-hydrogen) atoms. The van der Waals surface area contributed by atoms with Crippen LogP contribution in [0.15, 0.2) is 47.8 Å². The molecule has 1 fully saturated rings. The molecule has 0 aliphatic carbocycles. The first kappa shape index (κ1) is 18.6. The van der Waals surface area contributed by atoms with Crippen LogP contribution >= 0.6 is 11.3 Å². The molecular formula is C19H26N4O2S+2. The van der Waals surface area contributed by atoms with Crippen molar-refractivity contribution in [2.45, 2.75) is 12.6 Å². The molecule has 1 aromatic heterocycles. The third-order valence-electron chi connectivity index (χ3n) is 4.87. The second-order valence-corrected chi connectivity index (χ2v) is 7.61. The highest BCUT2D eigenvalue weighted by atomic mass is 32.1. The number of thiophene rings is 1. The topological polar surface area (TPSA) is 67.1 Å². The first-order valence-electron chi connectivity index (χ1n) is 8.95. The maximum absolute atomic E-state index is 12.8. The minimum atomic E-state index is -0.461. The monoisotopic (exact) mass is 374 g/mol. The van der Waals surface area contributed by atoms with Crippen molar-refractivity contribution in [1.82, 2.24) is 10.6 Å². The summed E-state index contributed by atoms with van der Waals surface area (Å²) in [5.74, 6) is -0.243. The van der Waals surface area contributed by atoms with E-state index in [9.17, 15) is 9.59 Å². The van der Waals surface area contributed by atoms with Gasteiger partial charge in [0, 0.05) is 12.6 Å². The van der Waals surface area contributed by atoms with E-state index in [1.165, 1.54) is 16.8 Å². The number of hydrogen-bond donors (Lipinski definition) is 4. The zero-order valence-electron chi connectivity index (χ0n) is 15.0. The molecule has 2 heterocycles. The standard InChI is InChI=1S/C19H24N4O2S/c1-20-19(25)21-18(24)17(15-6-3-2-4-7-15)23-11-9-22(10-12-23)14-16-8-5-13-26-16/h2-8,13,17H,9-12,14H2,1H3,(H2,20,21,24,25)/p+2/t17-/m0/s1. The van der Waals surface area contributed by atoms with Gasteiger partial charge in [0.25, 0.3) is 5.91 Å². The summed E-state index contributed by atoms with van der Waals surface area (Å²) in [6.07, 6.45) is 0. The van der Waals surface area contributed by atoms with Gasteiger partial charge in [0.2, 0.25) is 0 Å². The molecule has 1 atom stereocenters. The Balaban J connectivity index is 1.67. The van der Waals surface area contributed by atoms with E-state index in [2.05, 4.69) is 28.1 Å². The summed E-state index contributed by atoms with van der Waals surface area (Å²) in [5, 5.41) is 7.03. The van der Waals surface area contributed by atoms with Crippen LogP contribution < -0.4 is 20.4 Å². The Hall–Kier alpha value is -2.22. The Morgan fingerprint density at radius 1 is 1.08 bits per heavy atom. The third-order valence-corrected chi connectivity index (χ3v) is 5.75. The molecule has 6 nitrogen and oxygen atoms in total. The van der Waals surface area contributed by atoms with E-state index in [1.807, 2.05) is 30.3 Å². The predicted molar refractivity (Wildman–Crippen MR) is 101 cm³/mol. The van der Waals surface area contributed by atoms with Gasteiger partial charge in [0.1, 0.15) is 32.7 Å². The van der Waals surface area contributed by atoms with Gasteiger partial charge in [0.15, 0.2) is 6.04 Å². The number of imide groups is 1. The molecule has 4 N–H and O–H groups in total. The van der Waals surface area contributed by atoms with Crippen LogP contribution in [-0.2, 0) is 11.3 Å². The molecule has 3 rings (SSSR count). The van der Waals surface area contributed by atoms with Gasteiger partial charge >= 0.3 is 6.03 Å². The Morgan fingerprint density at radius 3 is 2.42 bits per heavy atom. The summed E-state index contributed by atoms with van der Waals surface area (Å²) in [5.41, 5.74) is 0.950. The molecule has 1 aliphatic rings. The average Bonchev–Trinajstić information content (AvgIpc) is 3.17. The van der Waals surface area contributed by atoms with Gasteiger partial charge in [-0.15, -0.1) is 11.3 Å². The van der Waals surface area contributed by atoms with Crippen LogP contribution in [0, 0.1) is 0 Å². The fourth-order valence-electron chi connectivity index (χ4n) is 3.51. The molecule has 7 heteroatoms. The number of carbonyl (C=O) groups excluding carboxylic acids is 2. The summed E-state index contributed by atoms with van der Waals surface area (Å²) in [7, 11) is 1.51. The van der Waals surface area contributed by atoms with Crippen molar-refractivity contribution in [1.29, 1.82) is 0 Å². The fourth-order valence-corrected chi connectivity index (χ4v) is 4.29. The van der Waals surface area contributed by atoms with Crippen LogP contribution in [0.25, 0.3) is 0 Å². The second kappa shape index (κ2) is 8.93. The van der Waals surface area contributed by atoms with E-state index in [0.29, 0.717) is 0 Å². The van der Waals surface area contributed by atoms with Crippen LogP contribution in [0.5, 0.6) is 0 Å². The average molecular weight is 375 g/mol. The van der Waals surface area contributed by atoms with Crippen LogP contribution in [0.4, 0.5) is 4.79 Å². The lowest BCUT2D eigenvalue weighted by Crippen LogP contribution is -3.28. The molecule has 1 aliphatic heterocycles. The molecule has 2 aromatic rings. The van der Waals surface area contributed by atoms with E-state index in [1.54, 1.807) is 16.2 Å². The van der Waals surface area contributed by atoms with Crippen LogP contribution in [0.1, 0.15) is 16.5 Å². The van der Waals surface area contributed by atoms with E-state index < -0.39 is 6.03 Å². The summed E-state index contributed by atoms with van der Waals surface area (Å²) in [6, 6.07) is 13.2. The first-order valence-corrected chi connectivity index (χ1v) is 9.83. The smallest absolute Gasteiger partial charge is 0.321 e. The van der Waals surface area contributed by atoms with Crippen molar-refractivity contribution in [3.05, 3.63) is 58.3 Å². The van der Waals surface area contributed by atoms with Crippen LogP contribution in [0.2, 0.25) is 0 Å². The van der Waals surface area contributed by atoms with Crippen LogP contribution in [0.3, 0.4) is 0 Å². The summed E-state index contributed by atoms with van der Waals surface area (Å²) < 4.78 is 0. The Bertz CT molecular complexity index is 712. The summed E-state index contributed by atoms with van der Waals surface area (Å²) in [6.45, 7) is 4.89. The molecular weight excluding hydrogens is 348 g/mol. The van der Waals surface area contributed by atoms with Crippen molar-refractivity contribution in [2.24, 2.45) is 0 Å². The van der Waals surface area contributed by atoms with Gasteiger partial charge in [-0.2, -0.15) is 0 Å². The number of urea groups is 1. The van der Waals surface area contributed by atoms with Gasteiger partial charge in [-0.05, 0) is 11.4 Å². The van der Waals surface area contributed by atoms with E-state index in [0.717, 1.165) is 38.3 Å². The maximum atomic E-state index is 12.8. The van der Waals surface area contributed by atoms with Gasteiger partial charge in [-0.3, -0.25) is 10.1 Å². The Labute approximate surface area is 157 Å². The normalized spacial score (nSPS) is 21.0. The Kier molecular flexibility index (Phi) is 6.38. The van der Waals surface area contributed by atoms with Crippen LogP contribution in [-0.4, -0.2) is 45.2 Å². The van der Waals surface area contributed by atoms with Crippen molar-refractivity contribution < 1.29 is 19.4 Å². The van der Waals surface area contributed by atoms with Gasteiger partial charge in [-0.1, -0.05) is 36.4 Å². The Morgan fingerprint density at radius 2 is 1.81 bits per heavy atom. The molecule has 0 spiro atoms. The van der Waals surface area contributed by atoms with Gasteiger partial charge in [0.05, 0.1) is 4.88 Å². The quantitative estimate of drug-likeness (QED) is 0.555. The number of benzene rings is 1. The third kappa shape index (κ3) is 4.69. The largest absolute Gasteiger partial charge is 0.341 e. The molecule has 138 valence electrons. The molecule has 0 saturated carbocycles. The zero-order chi connectivity index (χ0) is 18.4. The molecule has 1 saturated heterocycles. The highest BCUT2D eigenvalue weighted by Crippen LogP contribution is 2.10. The summed E-state index contributed by atoms with van der Waals surface area (Å²) in [4.78, 5) is 28.5. The molecule has 0 radical (unpaired) electrons.